The summed E-state index contributed by atoms with van der Waals surface area (Å²) in [5.41, 5.74) is -0.175. The normalized spacial score (nSPS) is 33.4. The molecule has 2 nitrogen and oxygen atoms in total. The molecular weight excluding hydrogens is 172 g/mol. The number of nitrogens with zero attached hydrogens (tertiary/aromatic N) is 2. The van der Waals surface area contributed by atoms with Crippen LogP contribution in [-0.2, 0) is 0 Å². The van der Waals surface area contributed by atoms with Gasteiger partial charge in [0, 0.05) is 0 Å². The molecule has 0 amide bonds. The lowest BCUT2D eigenvalue weighted by molar-refractivity contribution is 0.115. The molecule has 0 heterocycles. The Morgan fingerprint density at radius 2 is 1.79 bits per heavy atom. The zero-order chi connectivity index (χ0) is 10.8. The lowest BCUT2D eigenvalue weighted by Crippen LogP contribution is -2.46. The number of rotatable bonds is 2. The molecule has 0 bridgehead atoms. The molecule has 0 unspecified atom stereocenters. The molecule has 14 heavy (non-hydrogen) atoms. The Labute approximate surface area is 87.9 Å². The number of hydrogen-bond donors (Lipinski definition) is 0. The Kier molecular flexibility index (Phi) is 3.55. The van der Waals surface area contributed by atoms with Gasteiger partial charge >= 0.3 is 0 Å². The van der Waals surface area contributed by atoms with E-state index in [0.717, 1.165) is 24.7 Å². The summed E-state index contributed by atoms with van der Waals surface area (Å²) < 4.78 is 0. The van der Waals surface area contributed by atoms with Crippen LogP contribution >= 0.6 is 0 Å². The summed E-state index contributed by atoms with van der Waals surface area (Å²) in [6.45, 7) is 4.58. The fraction of sp³-hybridized carbons (Fsp3) is 0.917. The molecule has 80 valence electrons. The van der Waals surface area contributed by atoms with Gasteiger partial charge in [0.05, 0.1) is 6.07 Å². The zero-order valence-corrected chi connectivity index (χ0v) is 9.88. The molecule has 0 saturated heterocycles. The van der Waals surface area contributed by atoms with E-state index in [2.05, 4.69) is 24.8 Å². The fourth-order valence-electron chi connectivity index (χ4n) is 2.44. The smallest absolute Gasteiger partial charge is 0.108 e. The SMILES string of the molecule is CC(C)C1CCC(C#N)(N(C)C)CC1. The predicted molar refractivity (Wildman–Crippen MR) is 58.8 cm³/mol. The first-order valence-electron chi connectivity index (χ1n) is 5.60. The molecule has 1 aliphatic rings. The minimum atomic E-state index is -0.175. The van der Waals surface area contributed by atoms with Crippen LogP contribution in [0.15, 0.2) is 0 Å². The molecule has 1 saturated carbocycles. The van der Waals surface area contributed by atoms with E-state index in [9.17, 15) is 5.26 Å². The summed E-state index contributed by atoms with van der Waals surface area (Å²) >= 11 is 0. The van der Waals surface area contributed by atoms with E-state index in [1.807, 2.05) is 14.1 Å². The van der Waals surface area contributed by atoms with E-state index in [1.165, 1.54) is 12.8 Å². The number of nitriles is 1. The van der Waals surface area contributed by atoms with E-state index in [0.29, 0.717) is 0 Å². The topological polar surface area (TPSA) is 27.0 Å². The standard InChI is InChI=1S/C12H22N2/c1-10(2)11-5-7-12(9-13,8-6-11)14(3)4/h10-11H,5-8H2,1-4H3. The molecule has 1 aliphatic carbocycles. The van der Waals surface area contributed by atoms with Crippen molar-refractivity contribution in [2.75, 3.05) is 14.1 Å². The van der Waals surface area contributed by atoms with Gasteiger partial charge in [-0.2, -0.15) is 5.26 Å². The minimum absolute atomic E-state index is 0.175. The van der Waals surface area contributed by atoms with Gasteiger partial charge in [-0.1, -0.05) is 13.8 Å². The van der Waals surface area contributed by atoms with E-state index >= 15 is 0 Å². The fourth-order valence-corrected chi connectivity index (χ4v) is 2.44. The van der Waals surface area contributed by atoms with E-state index in [1.54, 1.807) is 0 Å². The van der Waals surface area contributed by atoms with Crippen molar-refractivity contribution >= 4 is 0 Å². The van der Waals surface area contributed by atoms with Crippen LogP contribution in [0.2, 0.25) is 0 Å². The highest BCUT2D eigenvalue weighted by atomic mass is 15.1. The first-order chi connectivity index (χ1) is 6.52. The summed E-state index contributed by atoms with van der Waals surface area (Å²) in [5, 5.41) is 9.25. The van der Waals surface area contributed by atoms with Crippen LogP contribution in [0.5, 0.6) is 0 Å². The van der Waals surface area contributed by atoms with Crippen molar-refractivity contribution < 1.29 is 0 Å². The Bertz CT molecular complexity index is 217. The second kappa shape index (κ2) is 4.31. The van der Waals surface area contributed by atoms with Gasteiger partial charge in [0.2, 0.25) is 0 Å². The van der Waals surface area contributed by atoms with Gasteiger partial charge in [-0.05, 0) is 51.6 Å². The van der Waals surface area contributed by atoms with Gasteiger partial charge in [-0.3, -0.25) is 4.90 Å². The number of hydrogen-bond acceptors (Lipinski definition) is 2. The molecule has 0 aromatic heterocycles. The first kappa shape index (κ1) is 11.5. The zero-order valence-electron chi connectivity index (χ0n) is 9.88. The van der Waals surface area contributed by atoms with Crippen LogP contribution in [0.3, 0.4) is 0 Å². The molecule has 0 N–H and O–H groups in total. The van der Waals surface area contributed by atoms with E-state index in [-0.39, 0.29) is 5.54 Å². The van der Waals surface area contributed by atoms with Crippen LogP contribution < -0.4 is 0 Å². The maximum Gasteiger partial charge on any atom is 0.108 e. The average molecular weight is 194 g/mol. The Morgan fingerprint density at radius 3 is 2.07 bits per heavy atom. The lowest BCUT2D eigenvalue weighted by Gasteiger charge is -2.40. The maximum atomic E-state index is 9.25. The van der Waals surface area contributed by atoms with Crippen LogP contribution in [0.4, 0.5) is 0 Å². The summed E-state index contributed by atoms with van der Waals surface area (Å²) in [6.07, 6.45) is 4.51. The molecule has 0 spiro atoms. The maximum absolute atomic E-state index is 9.25. The summed E-state index contributed by atoms with van der Waals surface area (Å²) in [5.74, 6) is 1.60. The molecule has 0 aromatic rings. The van der Waals surface area contributed by atoms with Crippen LogP contribution in [0.1, 0.15) is 39.5 Å². The van der Waals surface area contributed by atoms with Crippen LogP contribution in [0.25, 0.3) is 0 Å². The molecule has 2 heteroatoms. The van der Waals surface area contributed by atoms with Gasteiger partial charge in [-0.25, -0.2) is 0 Å². The lowest BCUT2D eigenvalue weighted by atomic mass is 9.73. The Hall–Kier alpha value is -0.550. The van der Waals surface area contributed by atoms with Gasteiger partial charge < -0.3 is 0 Å². The third-order valence-electron chi connectivity index (χ3n) is 3.86. The molecule has 1 fully saturated rings. The molecule has 0 aliphatic heterocycles. The minimum Gasteiger partial charge on any atom is -0.292 e. The third kappa shape index (κ3) is 2.09. The second-order valence-corrected chi connectivity index (χ2v) is 5.12. The quantitative estimate of drug-likeness (QED) is 0.675. The first-order valence-corrected chi connectivity index (χ1v) is 5.60. The van der Waals surface area contributed by atoms with Gasteiger partial charge in [0.1, 0.15) is 5.54 Å². The van der Waals surface area contributed by atoms with Crippen molar-refractivity contribution in [3.8, 4) is 6.07 Å². The molecule has 0 aromatic carbocycles. The Morgan fingerprint density at radius 1 is 1.29 bits per heavy atom. The highest BCUT2D eigenvalue weighted by Crippen LogP contribution is 2.37. The predicted octanol–water partition coefficient (Wildman–Crippen LogP) is 2.66. The van der Waals surface area contributed by atoms with Crippen molar-refractivity contribution in [1.29, 1.82) is 5.26 Å². The monoisotopic (exact) mass is 194 g/mol. The van der Waals surface area contributed by atoms with Crippen LogP contribution in [-0.4, -0.2) is 24.5 Å². The molecule has 0 atom stereocenters. The van der Waals surface area contributed by atoms with Gasteiger partial charge in [-0.15, -0.1) is 0 Å². The highest BCUT2D eigenvalue weighted by Gasteiger charge is 2.37. The van der Waals surface area contributed by atoms with Crippen molar-refractivity contribution in [3.05, 3.63) is 0 Å². The Balaban J connectivity index is 2.61. The largest absolute Gasteiger partial charge is 0.292 e. The van der Waals surface area contributed by atoms with Crippen molar-refractivity contribution in [3.63, 3.8) is 0 Å². The molecular formula is C12H22N2. The summed E-state index contributed by atoms with van der Waals surface area (Å²) in [7, 11) is 4.05. The van der Waals surface area contributed by atoms with Crippen LogP contribution in [0, 0.1) is 23.2 Å². The van der Waals surface area contributed by atoms with Gasteiger partial charge in [0.25, 0.3) is 0 Å². The van der Waals surface area contributed by atoms with Crippen molar-refractivity contribution in [1.82, 2.24) is 4.90 Å². The summed E-state index contributed by atoms with van der Waals surface area (Å²) in [6, 6.07) is 2.50. The highest BCUT2D eigenvalue weighted by molar-refractivity contribution is 5.09. The van der Waals surface area contributed by atoms with E-state index in [4.69, 9.17) is 0 Å². The second-order valence-electron chi connectivity index (χ2n) is 5.12. The van der Waals surface area contributed by atoms with E-state index < -0.39 is 0 Å². The molecule has 1 rings (SSSR count). The third-order valence-corrected chi connectivity index (χ3v) is 3.86. The summed E-state index contributed by atoms with van der Waals surface area (Å²) in [4.78, 5) is 2.10. The average Bonchev–Trinajstić information content (AvgIpc) is 2.17. The molecule has 0 radical (unpaired) electrons. The van der Waals surface area contributed by atoms with Crippen molar-refractivity contribution in [2.45, 2.75) is 45.1 Å². The van der Waals surface area contributed by atoms with Crippen molar-refractivity contribution in [2.24, 2.45) is 11.8 Å². The van der Waals surface area contributed by atoms with Gasteiger partial charge in [0.15, 0.2) is 0 Å².